The number of hydrogen-bond donors (Lipinski definition) is 4. The Balaban J connectivity index is 1.08. The molecule has 3 aromatic carbocycles. The molecule has 0 saturated carbocycles. The van der Waals surface area contributed by atoms with E-state index in [1.807, 2.05) is 84.0 Å². The lowest BCUT2D eigenvalue weighted by Crippen LogP contribution is -2.47. The summed E-state index contributed by atoms with van der Waals surface area (Å²) in [5.41, 5.74) is 4.86. The lowest BCUT2D eigenvalue weighted by atomic mass is 9.94. The molecule has 0 bridgehead atoms. The van der Waals surface area contributed by atoms with Gasteiger partial charge in [0.25, 0.3) is 5.91 Å². The number of piperidine rings is 1. The summed E-state index contributed by atoms with van der Waals surface area (Å²) in [5.74, 6) is -0.945. The molecule has 9 nitrogen and oxygen atoms in total. The number of unbranched alkanes of at least 4 members (excludes halogenated alkanes) is 1. The Bertz CT molecular complexity index is 2300. The molecular weight excluding hydrogens is 852 g/mol. The smallest absolute Gasteiger partial charge is 0.258 e. The molecule has 1 fully saturated rings. The Hall–Kier alpha value is -6.10. The van der Waals surface area contributed by atoms with Gasteiger partial charge in [0, 0.05) is 49.0 Å². The zero-order chi connectivity index (χ0) is 48.5. The Morgan fingerprint density at radius 1 is 0.735 bits per heavy atom. The lowest BCUT2D eigenvalue weighted by molar-refractivity contribution is -0.132. The van der Waals surface area contributed by atoms with Crippen molar-refractivity contribution >= 4 is 23.4 Å². The van der Waals surface area contributed by atoms with Crippen molar-refractivity contribution in [3.8, 4) is 22.4 Å². The molecule has 1 saturated heterocycles. The van der Waals surface area contributed by atoms with Gasteiger partial charge in [0.2, 0.25) is 11.8 Å². The summed E-state index contributed by atoms with van der Waals surface area (Å²) >= 11 is 0. The fourth-order valence-electron chi connectivity index (χ4n) is 8.67. The third-order valence-electron chi connectivity index (χ3n) is 12.1. The lowest BCUT2D eigenvalue weighted by Gasteiger charge is -2.32. The van der Waals surface area contributed by atoms with Crippen molar-refractivity contribution < 1.29 is 29.0 Å². The molecule has 0 spiro atoms. The van der Waals surface area contributed by atoms with Crippen LogP contribution in [0.2, 0.25) is 0 Å². The van der Waals surface area contributed by atoms with Crippen LogP contribution in [0.15, 0.2) is 146 Å². The van der Waals surface area contributed by atoms with Crippen molar-refractivity contribution in [2.24, 2.45) is 0 Å². The van der Waals surface area contributed by atoms with E-state index in [0.717, 1.165) is 61.9 Å². The fourth-order valence-corrected chi connectivity index (χ4v) is 8.67. The normalized spacial score (nSPS) is 14.6. The highest BCUT2D eigenvalue weighted by atomic mass is 19.1. The highest BCUT2D eigenvalue weighted by molar-refractivity contribution is 6.12. The number of carbonyl (C=O) groups is 3. The van der Waals surface area contributed by atoms with Gasteiger partial charge in [-0.25, -0.2) is 4.39 Å². The Labute approximate surface area is 404 Å². The van der Waals surface area contributed by atoms with Gasteiger partial charge < -0.3 is 30.3 Å². The monoisotopic (exact) mass is 925 g/mol. The number of allylic oxidation sites excluding steroid dienone is 10. The summed E-state index contributed by atoms with van der Waals surface area (Å²) < 4.78 is 16.4. The average Bonchev–Trinajstić information content (AvgIpc) is 3.68. The second-order valence-corrected chi connectivity index (χ2v) is 17.8. The number of aromatic nitrogens is 1. The predicted molar refractivity (Wildman–Crippen MR) is 276 cm³/mol. The first-order valence-corrected chi connectivity index (χ1v) is 24.7. The number of aliphatic hydroxyl groups excluding tert-OH is 2. The van der Waals surface area contributed by atoms with Crippen LogP contribution >= 0.6 is 0 Å². The number of hydrogen-bond acceptors (Lipinski definition) is 5. The predicted octanol–water partition coefficient (Wildman–Crippen LogP) is 12.3. The average molecular weight is 925 g/mol. The van der Waals surface area contributed by atoms with Gasteiger partial charge in [-0.05, 0) is 124 Å². The molecular formula is C58H73FN4O5. The molecule has 362 valence electrons. The maximum absolute atomic E-state index is 14.4. The molecule has 0 radical (unpaired) electrons. The van der Waals surface area contributed by atoms with Crippen LogP contribution in [0.5, 0.6) is 0 Å². The van der Waals surface area contributed by atoms with Gasteiger partial charge in [-0.1, -0.05) is 130 Å². The van der Waals surface area contributed by atoms with Crippen molar-refractivity contribution in [2.75, 3.05) is 18.4 Å². The molecule has 2 heterocycles. The molecule has 2 atom stereocenters. The zero-order valence-corrected chi connectivity index (χ0v) is 40.4. The Morgan fingerprint density at radius 2 is 1.31 bits per heavy atom. The Kier molecular flexibility index (Phi) is 22.5. The standard InChI is InChI=1S/C58H73FN4O5/c1-4-5-6-7-8-9-10-11-12-13-14-15-16-17-18-19-26-31-53(67)62-39-36-49(37-40-62)60-52(66)43-51(65)42-50(64)38-41-63-56(44(2)3)55(58(68)61-48-29-24-21-25-30-48)54(45-27-22-20-23-28-45)57(63)46-32-34-47(59)35-33-46/h5-6,8-9,11-12,14-15,17-18,20-25,27-30,32-35,44,49-51,64-65H,4,7,10,13,16,19,26,31,36-43H2,1-3H3,(H,60,66)(H,61,68)/b6-5-,9-8-,12-11-,15-14-,18-17-/t50-,51-/m1/s1. The molecule has 0 aliphatic carbocycles. The van der Waals surface area contributed by atoms with E-state index in [4.69, 9.17) is 0 Å². The van der Waals surface area contributed by atoms with Gasteiger partial charge >= 0.3 is 0 Å². The summed E-state index contributed by atoms with van der Waals surface area (Å²) in [4.78, 5) is 42.2. The number of rotatable bonds is 26. The van der Waals surface area contributed by atoms with Crippen molar-refractivity contribution in [1.29, 1.82) is 0 Å². The van der Waals surface area contributed by atoms with E-state index in [1.165, 1.54) is 12.1 Å². The minimum Gasteiger partial charge on any atom is -0.393 e. The van der Waals surface area contributed by atoms with E-state index in [1.54, 1.807) is 12.1 Å². The summed E-state index contributed by atoms with van der Waals surface area (Å²) in [6.07, 6.45) is 28.1. The second-order valence-electron chi connectivity index (χ2n) is 17.8. The molecule has 1 aromatic heterocycles. The summed E-state index contributed by atoms with van der Waals surface area (Å²) in [7, 11) is 0. The van der Waals surface area contributed by atoms with Crippen LogP contribution in [0, 0.1) is 5.82 Å². The van der Waals surface area contributed by atoms with Gasteiger partial charge in [-0.3, -0.25) is 14.4 Å². The third-order valence-corrected chi connectivity index (χ3v) is 12.1. The van der Waals surface area contributed by atoms with E-state index in [2.05, 4.69) is 78.3 Å². The van der Waals surface area contributed by atoms with Crippen LogP contribution in [0.25, 0.3) is 22.4 Å². The van der Waals surface area contributed by atoms with E-state index < -0.39 is 12.2 Å². The first-order chi connectivity index (χ1) is 33.0. The molecule has 10 heteroatoms. The fraction of sp³-hybridized carbons (Fsp3) is 0.397. The number of nitrogens with zero attached hydrogens (tertiary/aromatic N) is 2. The molecule has 1 aliphatic heterocycles. The van der Waals surface area contributed by atoms with E-state index in [-0.39, 0.29) is 54.8 Å². The maximum Gasteiger partial charge on any atom is 0.258 e. The maximum atomic E-state index is 14.4. The van der Waals surface area contributed by atoms with Crippen molar-refractivity contribution in [3.63, 3.8) is 0 Å². The highest BCUT2D eigenvalue weighted by Crippen LogP contribution is 2.42. The SMILES string of the molecule is CC/C=C\C/C=C\C/C=C\C/C=C\C/C=C\CCCC(=O)N1CCC(NC(=O)C[C@H](O)C[C@H](O)CCn2c(-c3ccc(F)cc3)c(-c3ccccc3)c(C(=O)Nc3ccccc3)c2C(C)C)CC1. The van der Waals surface area contributed by atoms with Crippen LogP contribution < -0.4 is 10.6 Å². The minimum atomic E-state index is -1.08. The van der Waals surface area contributed by atoms with Gasteiger partial charge in [-0.15, -0.1) is 0 Å². The van der Waals surface area contributed by atoms with Gasteiger partial charge in [0.05, 0.1) is 29.9 Å². The summed E-state index contributed by atoms with van der Waals surface area (Å²) in [5, 5.41) is 28.4. The third kappa shape index (κ3) is 17.2. The highest BCUT2D eigenvalue weighted by Gasteiger charge is 2.31. The van der Waals surface area contributed by atoms with Crippen molar-refractivity contribution in [1.82, 2.24) is 14.8 Å². The van der Waals surface area contributed by atoms with E-state index in [0.29, 0.717) is 61.3 Å². The number of likely N-dealkylation sites (tertiary alicyclic amines) is 1. The van der Waals surface area contributed by atoms with Gasteiger partial charge in [-0.2, -0.15) is 0 Å². The van der Waals surface area contributed by atoms with Crippen LogP contribution in [0.1, 0.15) is 126 Å². The number of anilines is 1. The Morgan fingerprint density at radius 3 is 1.90 bits per heavy atom. The number of aliphatic hydroxyl groups is 2. The minimum absolute atomic E-state index is 0.0168. The molecule has 5 rings (SSSR count). The van der Waals surface area contributed by atoms with Gasteiger partial charge in [0.15, 0.2) is 0 Å². The van der Waals surface area contributed by atoms with E-state index >= 15 is 0 Å². The number of para-hydroxylation sites is 1. The first-order valence-electron chi connectivity index (χ1n) is 24.7. The molecule has 0 unspecified atom stereocenters. The van der Waals surface area contributed by atoms with Crippen LogP contribution in [0.4, 0.5) is 10.1 Å². The number of nitrogens with one attached hydrogen (secondary N) is 2. The van der Waals surface area contributed by atoms with Crippen molar-refractivity contribution in [2.45, 2.75) is 135 Å². The first kappa shape index (κ1) is 52.9. The molecule has 68 heavy (non-hydrogen) atoms. The number of halogens is 1. The molecule has 4 aromatic rings. The molecule has 3 amide bonds. The topological polar surface area (TPSA) is 124 Å². The van der Waals surface area contributed by atoms with Crippen molar-refractivity contribution in [3.05, 3.63) is 163 Å². The zero-order valence-electron chi connectivity index (χ0n) is 40.4. The summed E-state index contributed by atoms with van der Waals surface area (Å²) in [6.45, 7) is 7.62. The van der Waals surface area contributed by atoms with Crippen LogP contribution in [0.3, 0.4) is 0 Å². The molecule has 1 aliphatic rings. The summed E-state index contributed by atoms with van der Waals surface area (Å²) in [6, 6.07) is 25.0. The number of carbonyl (C=O) groups excluding carboxylic acids is 3. The number of benzene rings is 3. The van der Waals surface area contributed by atoms with Crippen LogP contribution in [-0.4, -0.2) is 68.7 Å². The quantitative estimate of drug-likeness (QED) is 0.0369. The molecule has 4 N–H and O–H groups in total. The van der Waals surface area contributed by atoms with Gasteiger partial charge in [0.1, 0.15) is 5.82 Å². The largest absolute Gasteiger partial charge is 0.393 e. The number of amides is 3. The van der Waals surface area contributed by atoms with E-state index in [9.17, 15) is 29.0 Å². The second kappa shape index (κ2) is 28.9. The van der Waals surface area contributed by atoms with Crippen LogP contribution in [-0.2, 0) is 16.1 Å².